The molecule has 15 heavy (non-hydrogen) atoms. The lowest BCUT2D eigenvalue weighted by atomic mass is 10.0. The van der Waals surface area contributed by atoms with Crippen LogP contribution in [0.2, 0.25) is 0 Å². The van der Waals surface area contributed by atoms with Crippen molar-refractivity contribution in [2.75, 3.05) is 13.1 Å². The smallest absolute Gasteiger partial charge is 0.314 e. The molecule has 0 radical (unpaired) electrons. The van der Waals surface area contributed by atoms with Gasteiger partial charge in [-0.3, -0.25) is 0 Å². The predicted molar refractivity (Wildman–Crippen MR) is 60.7 cm³/mol. The van der Waals surface area contributed by atoms with Crippen molar-refractivity contribution in [3.63, 3.8) is 0 Å². The van der Waals surface area contributed by atoms with Crippen LogP contribution in [0.4, 0.5) is 0 Å². The van der Waals surface area contributed by atoms with Gasteiger partial charge in [-0.25, -0.2) is 0 Å². The van der Waals surface area contributed by atoms with Gasteiger partial charge in [0.05, 0.1) is 6.42 Å². The lowest BCUT2D eigenvalue weighted by Crippen LogP contribution is -2.23. The van der Waals surface area contributed by atoms with Crippen LogP contribution in [-0.4, -0.2) is 28.5 Å². The van der Waals surface area contributed by atoms with Gasteiger partial charge in [-0.05, 0) is 31.4 Å². The van der Waals surface area contributed by atoms with Crippen molar-refractivity contribution in [2.24, 2.45) is 0 Å². The zero-order chi connectivity index (χ0) is 10.8. The molecule has 1 saturated heterocycles. The Hall–Kier alpha value is -1.05. The summed E-state index contributed by atoms with van der Waals surface area (Å²) in [5, 5.41) is 0.599. The van der Waals surface area contributed by atoms with E-state index in [1.165, 1.54) is 18.5 Å². The second kappa shape index (κ2) is 4.21. The average molecular weight is 224 g/mol. The lowest BCUT2D eigenvalue weighted by Gasteiger charge is -2.24. The molecule has 2 aliphatic rings. The highest BCUT2D eigenvalue weighted by Crippen LogP contribution is 2.29. The Morgan fingerprint density at radius 2 is 2.07 bits per heavy atom. The molecule has 0 unspecified atom stereocenters. The minimum Gasteiger partial charge on any atom is -0.372 e. The third-order valence-corrected chi connectivity index (χ3v) is 3.52. The third kappa shape index (κ3) is 1.85. The van der Waals surface area contributed by atoms with Gasteiger partial charge in [-0.15, -0.1) is 0 Å². The summed E-state index contributed by atoms with van der Waals surface area (Å²) in [5.74, 6) is 0. The molecule has 0 aromatic carbocycles. The van der Waals surface area contributed by atoms with Crippen LogP contribution in [0, 0.1) is 0 Å². The van der Waals surface area contributed by atoms with Crippen LogP contribution in [0.15, 0.2) is 22.4 Å². The molecule has 3 nitrogen and oxygen atoms in total. The molecular formula is C11H14ClN3. The monoisotopic (exact) mass is 223 g/mol. The molecule has 80 valence electrons. The van der Waals surface area contributed by atoms with Crippen molar-refractivity contribution in [3.05, 3.63) is 27.9 Å². The number of allylic oxidation sites excluding steroid dienone is 3. The SMILES string of the molecule is CC1=C(Cl)C(=[N+]=[N-])CC=C1N1CCCC1. The first kappa shape index (κ1) is 10.5. The number of hydrogen-bond acceptors (Lipinski definition) is 1. The number of halogens is 1. The van der Waals surface area contributed by atoms with Gasteiger partial charge in [0.1, 0.15) is 5.03 Å². The van der Waals surface area contributed by atoms with Gasteiger partial charge in [-0.2, -0.15) is 4.79 Å². The van der Waals surface area contributed by atoms with Crippen molar-refractivity contribution in [1.29, 1.82) is 0 Å². The topological polar surface area (TPSA) is 39.6 Å². The van der Waals surface area contributed by atoms with Gasteiger partial charge in [0, 0.05) is 18.8 Å². The third-order valence-electron chi connectivity index (χ3n) is 3.02. The van der Waals surface area contributed by atoms with E-state index in [-0.39, 0.29) is 0 Å². The number of rotatable bonds is 1. The van der Waals surface area contributed by atoms with Crippen LogP contribution in [0.1, 0.15) is 26.2 Å². The highest BCUT2D eigenvalue weighted by Gasteiger charge is 2.26. The van der Waals surface area contributed by atoms with Crippen molar-refractivity contribution < 1.29 is 4.79 Å². The molecule has 0 spiro atoms. The van der Waals surface area contributed by atoms with Gasteiger partial charge in [-0.1, -0.05) is 11.6 Å². The summed E-state index contributed by atoms with van der Waals surface area (Å²) in [5.41, 5.74) is 11.6. The Kier molecular flexibility index (Phi) is 2.94. The number of hydrogen-bond donors (Lipinski definition) is 0. The summed E-state index contributed by atoms with van der Waals surface area (Å²) >= 11 is 6.13. The van der Waals surface area contributed by atoms with Gasteiger partial charge in [0.2, 0.25) is 0 Å². The minimum atomic E-state index is 0.567. The molecule has 1 fully saturated rings. The fraction of sp³-hybridized carbons (Fsp3) is 0.545. The molecule has 0 atom stereocenters. The maximum Gasteiger partial charge on any atom is 0.314 e. The van der Waals surface area contributed by atoms with E-state index in [4.69, 9.17) is 17.1 Å². The normalized spacial score (nSPS) is 21.9. The van der Waals surface area contributed by atoms with Crippen LogP contribution in [0.3, 0.4) is 0 Å². The van der Waals surface area contributed by atoms with Crippen LogP contribution in [0.25, 0.3) is 5.53 Å². The maximum absolute atomic E-state index is 8.76. The van der Waals surface area contributed by atoms with Gasteiger partial charge < -0.3 is 10.4 Å². The van der Waals surface area contributed by atoms with Gasteiger partial charge >= 0.3 is 5.71 Å². The summed E-state index contributed by atoms with van der Waals surface area (Å²) < 4.78 is 0. The first-order valence-corrected chi connectivity index (χ1v) is 5.65. The molecule has 0 amide bonds. The first-order valence-electron chi connectivity index (χ1n) is 5.27. The molecular weight excluding hydrogens is 210 g/mol. The van der Waals surface area contributed by atoms with Crippen LogP contribution < -0.4 is 0 Å². The Labute approximate surface area is 94.6 Å². The summed E-state index contributed by atoms with van der Waals surface area (Å²) in [7, 11) is 0. The van der Waals surface area contributed by atoms with E-state index in [1.54, 1.807) is 0 Å². The van der Waals surface area contributed by atoms with Crippen molar-refractivity contribution in [2.45, 2.75) is 26.2 Å². The molecule has 0 aromatic rings. The molecule has 4 heteroatoms. The van der Waals surface area contributed by atoms with E-state index in [0.29, 0.717) is 17.2 Å². The zero-order valence-corrected chi connectivity index (χ0v) is 9.59. The summed E-state index contributed by atoms with van der Waals surface area (Å²) in [6.07, 6.45) is 5.23. The molecule has 0 bridgehead atoms. The van der Waals surface area contributed by atoms with E-state index < -0.39 is 0 Å². The summed E-state index contributed by atoms with van der Waals surface area (Å²) in [6, 6.07) is 0. The summed E-state index contributed by atoms with van der Waals surface area (Å²) in [4.78, 5) is 5.56. The second-order valence-electron chi connectivity index (χ2n) is 3.97. The molecule has 1 aliphatic carbocycles. The number of likely N-dealkylation sites (tertiary alicyclic amines) is 1. The quantitative estimate of drug-likeness (QED) is 0.498. The Balaban J connectivity index is 2.29. The van der Waals surface area contributed by atoms with Crippen molar-refractivity contribution >= 4 is 17.3 Å². The molecule has 1 aliphatic heterocycles. The highest BCUT2D eigenvalue weighted by molar-refractivity contribution is 6.43. The first-order chi connectivity index (χ1) is 7.24. The Morgan fingerprint density at radius 3 is 2.67 bits per heavy atom. The predicted octanol–water partition coefficient (Wildman–Crippen LogP) is 2.55. The van der Waals surface area contributed by atoms with Crippen LogP contribution in [-0.2, 0) is 0 Å². The van der Waals surface area contributed by atoms with Crippen LogP contribution >= 0.6 is 11.6 Å². The summed E-state index contributed by atoms with van der Waals surface area (Å²) in [6.45, 7) is 4.20. The molecule has 0 saturated carbocycles. The molecule has 1 heterocycles. The number of nitrogens with zero attached hydrogens (tertiary/aromatic N) is 3. The molecule has 2 rings (SSSR count). The largest absolute Gasteiger partial charge is 0.372 e. The Morgan fingerprint density at radius 1 is 1.40 bits per heavy atom. The van der Waals surface area contributed by atoms with Gasteiger partial charge in [0.25, 0.3) is 0 Å². The van der Waals surface area contributed by atoms with Gasteiger partial charge in [0.15, 0.2) is 0 Å². The lowest BCUT2D eigenvalue weighted by molar-refractivity contribution is -0.00596. The average Bonchev–Trinajstić information content (AvgIpc) is 2.75. The highest BCUT2D eigenvalue weighted by atomic mass is 35.5. The maximum atomic E-state index is 8.76. The Bertz CT molecular complexity index is 383. The van der Waals surface area contributed by atoms with Crippen LogP contribution in [0.5, 0.6) is 0 Å². The van der Waals surface area contributed by atoms with Crippen molar-refractivity contribution in [1.82, 2.24) is 4.90 Å². The zero-order valence-electron chi connectivity index (χ0n) is 8.83. The second-order valence-corrected chi connectivity index (χ2v) is 4.35. The van der Waals surface area contributed by atoms with E-state index in [2.05, 4.69) is 15.8 Å². The molecule has 0 N–H and O–H groups in total. The van der Waals surface area contributed by atoms with E-state index in [1.807, 2.05) is 6.92 Å². The van der Waals surface area contributed by atoms with E-state index in [9.17, 15) is 0 Å². The van der Waals surface area contributed by atoms with E-state index in [0.717, 1.165) is 18.7 Å². The fourth-order valence-corrected chi connectivity index (χ4v) is 2.39. The van der Waals surface area contributed by atoms with E-state index >= 15 is 0 Å². The molecule has 0 aromatic heterocycles. The van der Waals surface area contributed by atoms with Crippen molar-refractivity contribution in [3.8, 4) is 0 Å². The minimum absolute atomic E-state index is 0.567. The fourth-order valence-electron chi connectivity index (χ4n) is 2.17. The standard InChI is InChI=1S/C11H14ClN3/c1-8-10(15-6-2-3-7-15)5-4-9(14-13)11(8)12/h5H,2-4,6-7H2,1H3.